The summed E-state index contributed by atoms with van der Waals surface area (Å²) >= 11 is 5.98. The Morgan fingerprint density at radius 2 is 1.64 bits per heavy atom. The third kappa shape index (κ3) is 7.57. The first-order valence-electron chi connectivity index (χ1n) is 10.1. The van der Waals surface area contributed by atoms with E-state index in [1.807, 2.05) is 13.8 Å². The Morgan fingerprint density at radius 3 is 2.27 bits per heavy atom. The maximum absolute atomic E-state index is 12.8. The van der Waals surface area contributed by atoms with Gasteiger partial charge in [0.05, 0.1) is 26.5 Å². The van der Waals surface area contributed by atoms with Crippen LogP contribution in [0.2, 0.25) is 5.02 Å². The summed E-state index contributed by atoms with van der Waals surface area (Å²) in [5, 5.41) is 5.85. The van der Waals surface area contributed by atoms with Crippen LogP contribution in [0.25, 0.3) is 0 Å². The summed E-state index contributed by atoms with van der Waals surface area (Å²) in [5.41, 5.74) is 0.696. The Balaban J connectivity index is 2.03. The van der Waals surface area contributed by atoms with Crippen molar-refractivity contribution in [2.24, 2.45) is 0 Å². The quantitative estimate of drug-likeness (QED) is 0.545. The Bertz CT molecular complexity index is 1010. The van der Waals surface area contributed by atoms with Crippen molar-refractivity contribution in [3.63, 3.8) is 0 Å². The van der Waals surface area contributed by atoms with E-state index in [9.17, 15) is 14.4 Å². The third-order valence-corrected chi connectivity index (χ3v) is 4.62. The van der Waals surface area contributed by atoms with Crippen molar-refractivity contribution in [1.29, 1.82) is 0 Å². The number of amides is 3. The number of ether oxygens (including phenoxy) is 3. The standard InChI is InChI=1S/C23H28ClN3O6/c1-14(2)25-22(29)13-33-19-8-6-15(10-20(19)32-5)23(30)27(3)12-21(28)26-17-11-16(24)7-9-18(17)31-4/h6-11,14H,12-13H2,1-5H3,(H,25,29)(H,26,28). The highest BCUT2D eigenvalue weighted by molar-refractivity contribution is 6.31. The molecule has 0 bridgehead atoms. The number of rotatable bonds is 10. The second-order valence-corrected chi connectivity index (χ2v) is 7.87. The molecular formula is C23H28ClN3O6. The first-order valence-corrected chi connectivity index (χ1v) is 10.5. The Morgan fingerprint density at radius 1 is 0.970 bits per heavy atom. The van der Waals surface area contributed by atoms with Crippen LogP contribution in [0.5, 0.6) is 17.2 Å². The van der Waals surface area contributed by atoms with Crippen molar-refractivity contribution in [3.05, 3.63) is 47.0 Å². The summed E-state index contributed by atoms with van der Waals surface area (Å²) in [4.78, 5) is 38.3. The molecule has 0 fully saturated rings. The lowest BCUT2D eigenvalue weighted by atomic mass is 10.1. The molecule has 0 saturated carbocycles. The van der Waals surface area contributed by atoms with E-state index in [1.165, 1.54) is 38.3 Å². The van der Waals surface area contributed by atoms with Gasteiger partial charge < -0.3 is 29.7 Å². The number of nitrogens with one attached hydrogen (secondary N) is 2. The van der Waals surface area contributed by atoms with E-state index in [2.05, 4.69) is 10.6 Å². The summed E-state index contributed by atoms with van der Waals surface area (Å²) in [5.74, 6) is -0.0281. The van der Waals surface area contributed by atoms with Gasteiger partial charge in [-0.15, -0.1) is 0 Å². The smallest absolute Gasteiger partial charge is 0.258 e. The zero-order valence-corrected chi connectivity index (χ0v) is 20.0. The fourth-order valence-electron chi connectivity index (χ4n) is 2.90. The van der Waals surface area contributed by atoms with Gasteiger partial charge in [0.25, 0.3) is 11.8 Å². The third-order valence-electron chi connectivity index (χ3n) is 4.38. The Hall–Kier alpha value is -3.46. The van der Waals surface area contributed by atoms with E-state index >= 15 is 0 Å². The van der Waals surface area contributed by atoms with E-state index in [-0.39, 0.29) is 25.1 Å². The highest BCUT2D eigenvalue weighted by Crippen LogP contribution is 2.29. The number of methoxy groups -OCH3 is 2. The fraction of sp³-hybridized carbons (Fsp3) is 0.348. The van der Waals surface area contributed by atoms with Crippen molar-refractivity contribution in [3.8, 4) is 17.2 Å². The van der Waals surface area contributed by atoms with Gasteiger partial charge in [-0.05, 0) is 50.2 Å². The molecule has 0 saturated heterocycles. The van der Waals surface area contributed by atoms with Crippen molar-refractivity contribution < 1.29 is 28.6 Å². The normalized spacial score (nSPS) is 10.4. The molecule has 0 atom stereocenters. The molecule has 0 heterocycles. The summed E-state index contributed by atoms with van der Waals surface area (Å²) in [6.07, 6.45) is 0. The van der Waals surface area contributed by atoms with Gasteiger partial charge in [-0.2, -0.15) is 0 Å². The van der Waals surface area contributed by atoms with E-state index in [0.29, 0.717) is 33.5 Å². The maximum Gasteiger partial charge on any atom is 0.258 e. The second-order valence-electron chi connectivity index (χ2n) is 7.43. The minimum atomic E-state index is -0.422. The van der Waals surface area contributed by atoms with Crippen LogP contribution >= 0.6 is 11.6 Å². The average Bonchev–Trinajstić information content (AvgIpc) is 2.76. The molecule has 10 heteroatoms. The molecule has 178 valence electrons. The van der Waals surface area contributed by atoms with E-state index in [4.69, 9.17) is 25.8 Å². The van der Waals surface area contributed by atoms with Gasteiger partial charge in [0.15, 0.2) is 18.1 Å². The van der Waals surface area contributed by atoms with Crippen LogP contribution in [-0.4, -0.2) is 63.1 Å². The van der Waals surface area contributed by atoms with Crippen LogP contribution in [-0.2, 0) is 9.59 Å². The lowest BCUT2D eigenvalue weighted by Crippen LogP contribution is -2.35. The Kier molecular flexibility index (Phi) is 9.35. The lowest BCUT2D eigenvalue weighted by Gasteiger charge is -2.19. The van der Waals surface area contributed by atoms with E-state index < -0.39 is 11.8 Å². The average molecular weight is 478 g/mol. The number of carbonyl (C=O) groups is 3. The zero-order valence-electron chi connectivity index (χ0n) is 19.2. The molecule has 0 unspecified atom stereocenters. The number of halogens is 1. The van der Waals surface area contributed by atoms with Crippen LogP contribution in [0.4, 0.5) is 5.69 Å². The molecule has 33 heavy (non-hydrogen) atoms. The van der Waals surface area contributed by atoms with Crippen LogP contribution < -0.4 is 24.8 Å². The number of nitrogens with zero attached hydrogens (tertiary/aromatic N) is 1. The van der Waals surface area contributed by atoms with Gasteiger partial charge in [0.1, 0.15) is 5.75 Å². The van der Waals surface area contributed by atoms with Crippen molar-refractivity contribution in [2.75, 3.05) is 39.7 Å². The number of anilines is 1. The van der Waals surface area contributed by atoms with Crippen LogP contribution in [0.15, 0.2) is 36.4 Å². The molecule has 3 amide bonds. The van der Waals surface area contributed by atoms with Gasteiger partial charge in [0.2, 0.25) is 5.91 Å². The van der Waals surface area contributed by atoms with Crippen molar-refractivity contribution in [1.82, 2.24) is 10.2 Å². The fourth-order valence-corrected chi connectivity index (χ4v) is 3.07. The molecule has 0 radical (unpaired) electrons. The molecule has 2 aromatic rings. The number of hydrogen-bond donors (Lipinski definition) is 2. The molecule has 0 aromatic heterocycles. The van der Waals surface area contributed by atoms with Gasteiger partial charge in [0, 0.05) is 23.7 Å². The molecule has 9 nitrogen and oxygen atoms in total. The molecule has 0 aliphatic carbocycles. The largest absolute Gasteiger partial charge is 0.495 e. The molecule has 2 N–H and O–H groups in total. The lowest BCUT2D eigenvalue weighted by molar-refractivity contribution is -0.123. The van der Waals surface area contributed by atoms with Crippen LogP contribution in [0.3, 0.4) is 0 Å². The maximum atomic E-state index is 12.8. The summed E-state index contributed by atoms with van der Waals surface area (Å²) in [6, 6.07) is 9.40. The first kappa shape index (κ1) is 25.8. The Labute approximate surface area is 197 Å². The predicted octanol–water partition coefficient (Wildman–Crippen LogP) is 2.97. The number of hydrogen-bond acceptors (Lipinski definition) is 6. The monoisotopic (exact) mass is 477 g/mol. The summed E-state index contributed by atoms with van der Waals surface area (Å²) in [6.45, 7) is 3.31. The molecule has 0 spiro atoms. The van der Waals surface area contributed by atoms with Crippen LogP contribution in [0, 0.1) is 0 Å². The topological polar surface area (TPSA) is 106 Å². The molecule has 0 aliphatic heterocycles. The van der Waals surface area contributed by atoms with E-state index in [0.717, 1.165) is 0 Å². The van der Waals surface area contributed by atoms with Crippen molar-refractivity contribution in [2.45, 2.75) is 19.9 Å². The minimum absolute atomic E-state index is 0.00399. The summed E-state index contributed by atoms with van der Waals surface area (Å²) < 4.78 is 16.0. The predicted molar refractivity (Wildman–Crippen MR) is 125 cm³/mol. The zero-order chi connectivity index (χ0) is 24.5. The number of likely N-dealkylation sites (N-methyl/N-ethyl adjacent to an activating group) is 1. The number of carbonyl (C=O) groups excluding carboxylic acids is 3. The second kappa shape index (κ2) is 12.0. The number of benzene rings is 2. The molecule has 2 rings (SSSR count). The molecular weight excluding hydrogens is 450 g/mol. The first-order chi connectivity index (χ1) is 15.6. The van der Waals surface area contributed by atoms with E-state index in [1.54, 1.807) is 24.3 Å². The SMILES string of the molecule is COc1ccc(Cl)cc1NC(=O)CN(C)C(=O)c1ccc(OCC(=O)NC(C)C)c(OC)c1. The minimum Gasteiger partial charge on any atom is -0.495 e. The van der Waals surface area contributed by atoms with Gasteiger partial charge in [-0.25, -0.2) is 0 Å². The molecule has 0 aliphatic rings. The highest BCUT2D eigenvalue weighted by Gasteiger charge is 2.19. The molecule has 2 aromatic carbocycles. The van der Waals surface area contributed by atoms with Gasteiger partial charge in [-0.1, -0.05) is 11.6 Å². The highest BCUT2D eigenvalue weighted by atomic mass is 35.5. The summed E-state index contributed by atoms with van der Waals surface area (Å²) in [7, 11) is 4.41. The van der Waals surface area contributed by atoms with Crippen LogP contribution in [0.1, 0.15) is 24.2 Å². The van der Waals surface area contributed by atoms with Gasteiger partial charge in [-0.3, -0.25) is 14.4 Å². The van der Waals surface area contributed by atoms with Gasteiger partial charge >= 0.3 is 0 Å². The van der Waals surface area contributed by atoms with Crippen molar-refractivity contribution >= 4 is 35.0 Å².